The van der Waals surface area contributed by atoms with Crippen LogP contribution in [0.25, 0.3) is 22.5 Å². The Morgan fingerprint density at radius 1 is 0.912 bits per heavy atom. The van der Waals surface area contributed by atoms with Gasteiger partial charge in [0, 0.05) is 17.3 Å². The minimum atomic E-state index is 0.250. The van der Waals surface area contributed by atoms with Gasteiger partial charge in [0.2, 0.25) is 5.88 Å². The molecule has 34 heavy (non-hydrogen) atoms. The van der Waals surface area contributed by atoms with E-state index in [4.69, 9.17) is 13.9 Å². The van der Waals surface area contributed by atoms with Crippen LogP contribution < -0.4 is 9.47 Å². The number of methoxy groups -OCH3 is 2. The van der Waals surface area contributed by atoms with Crippen molar-refractivity contribution in [3.63, 3.8) is 0 Å². The molecule has 0 fully saturated rings. The molecular weight excluding hydrogens is 492 g/mol. The first kappa shape index (κ1) is 23.3. The molecule has 1 aromatic heterocycles. The van der Waals surface area contributed by atoms with Crippen molar-refractivity contribution in [2.75, 3.05) is 14.2 Å². The number of nitriles is 1. The van der Waals surface area contributed by atoms with Crippen LogP contribution in [-0.4, -0.2) is 20.4 Å². The van der Waals surface area contributed by atoms with Gasteiger partial charge in [-0.15, -0.1) is 0 Å². The maximum absolute atomic E-state index is 10.1. The van der Waals surface area contributed by atoms with Crippen LogP contribution in [0, 0.1) is 25.2 Å². The summed E-state index contributed by atoms with van der Waals surface area (Å²) in [4.78, 5) is 4.56. The molecular formula is C28H23BrN2O3. The molecule has 0 aliphatic rings. The SMILES string of the molecule is COc1cc(C=Nc2oc(-c3ccc(C)cc3)c(-c3ccc(C)cc3)c2C#N)cc(Br)c1OC. The molecule has 4 rings (SSSR count). The molecule has 0 unspecified atom stereocenters. The highest BCUT2D eigenvalue weighted by atomic mass is 79.9. The Labute approximate surface area is 207 Å². The first-order valence-electron chi connectivity index (χ1n) is 10.6. The van der Waals surface area contributed by atoms with E-state index in [2.05, 4.69) is 27.0 Å². The Hall–Kier alpha value is -3.82. The lowest BCUT2D eigenvalue weighted by Gasteiger charge is -2.10. The molecule has 0 saturated carbocycles. The molecule has 3 aromatic carbocycles. The van der Waals surface area contributed by atoms with E-state index in [1.54, 1.807) is 20.4 Å². The smallest absolute Gasteiger partial charge is 0.238 e. The summed E-state index contributed by atoms with van der Waals surface area (Å²) in [6, 6.07) is 22.0. The van der Waals surface area contributed by atoms with E-state index in [-0.39, 0.29) is 5.88 Å². The Morgan fingerprint density at radius 3 is 2.09 bits per heavy atom. The van der Waals surface area contributed by atoms with E-state index < -0.39 is 0 Å². The Bertz CT molecular complexity index is 1400. The van der Waals surface area contributed by atoms with Crippen molar-refractivity contribution >= 4 is 28.0 Å². The summed E-state index contributed by atoms with van der Waals surface area (Å²) < 4.78 is 17.7. The van der Waals surface area contributed by atoms with E-state index in [1.807, 2.05) is 74.5 Å². The molecule has 0 spiro atoms. The standard InChI is InChI=1S/C28H23BrN2O3/c1-17-5-9-20(10-6-17)25-22(15-30)28(34-26(25)21-11-7-18(2)8-12-21)31-16-19-13-23(29)27(33-4)24(14-19)32-3/h5-14,16H,1-4H3. The monoisotopic (exact) mass is 514 g/mol. The van der Waals surface area contributed by atoms with Gasteiger partial charge in [-0.2, -0.15) is 5.26 Å². The lowest BCUT2D eigenvalue weighted by molar-refractivity contribution is 0.353. The van der Waals surface area contributed by atoms with Crippen LogP contribution in [0.1, 0.15) is 22.3 Å². The van der Waals surface area contributed by atoms with Gasteiger partial charge in [-0.25, -0.2) is 4.99 Å². The van der Waals surface area contributed by atoms with Crippen molar-refractivity contribution in [2.45, 2.75) is 13.8 Å². The quantitative estimate of drug-likeness (QED) is 0.248. The van der Waals surface area contributed by atoms with Gasteiger partial charge in [-0.05, 0) is 53.0 Å². The van der Waals surface area contributed by atoms with E-state index in [0.29, 0.717) is 22.8 Å². The fourth-order valence-corrected chi connectivity index (χ4v) is 4.28. The summed E-state index contributed by atoms with van der Waals surface area (Å²) in [5.74, 6) is 2.03. The number of rotatable bonds is 6. The summed E-state index contributed by atoms with van der Waals surface area (Å²) in [5, 5.41) is 10.1. The summed E-state index contributed by atoms with van der Waals surface area (Å²) in [6.45, 7) is 4.06. The van der Waals surface area contributed by atoms with Gasteiger partial charge in [0.05, 0.1) is 18.7 Å². The van der Waals surface area contributed by atoms with Gasteiger partial charge in [0.1, 0.15) is 17.4 Å². The first-order chi connectivity index (χ1) is 16.4. The third-order valence-electron chi connectivity index (χ3n) is 5.44. The maximum atomic E-state index is 10.1. The number of nitrogens with zero attached hydrogens (tertiary/aromatic N) is 2. The fraction of sp³-hybridized carbons (Fsp3) is 0.143. The second-order valence-corrected chi connectivity index (χ2v) is 8.68. The molecule has 1 heterocycles. The van der Waals surface area contributed by atoms with Crippen molar-refractivity contribution in [3.05, 3.63) is 87.4 Å². The zero-order chi connectivity index (χ0) is 24.2. The lowest BCUT2D eigenvalue weighted by Crippen LogP contribution is -1.93. The average molecular weight is 515 g/mol. The lowest BCUT2D eigenvalue weighted by atomic mass is 9.97. The molecule has 5 nitrogen and oxygen atoms in total. The third-order valence-corrected chi connectivity index (χ3v) is 6.03. The van der Waals surface area contributed by atoms with Gasteiger partial charge >= 0.3 is 0 Å². The molecule has 0 bridgehead atoms. The van der Waals surface area contributed by atoms with Crippen molar-refractivity contribution in [3.8, 4) is 40.0 Å². The van der Waals surface area contributed by atoms with Crippen LogP contribution in [0.2, 0.25) is 0 Å². The molecule has 0 N–H and O–H groups in total. The van der Waals surface area contributed by atoms with Crippen molar-refractivity contribution in [1.29, 1.82) is 5.26 Å². The number of ether oxygens (including phenoxy) is 2. The van der Waals surface area contributed by atoms with E-state index in [0.717, 1.165) is 37.9 Å². The van der Waals surface area contributed by atoms with Gasteiger partial charge in [0.25, 0.3) is 0 Å². The normalized spacial score (nSPS) is 10.9. The first-order valence-corrected chi connectivity index (χ1v) is 11.4. The van der Waals surface area contributed by atoms with Crippen LogP contribution in [0.4, 0.5) is 5.88 Å². The largest absolute Gasteiger partial charge is 0.493 e. The zero-order valence-electron chi connectivity index (χ0n) is 19.3. The summed E-state index contributed by atoms with van der Waals surface area (Å²) in [6.07, 6.45) is 1.64. The highest BCUT2D eigenvalue weighted by Gasteiger charge is 2.23. The van der Waals surface area contributed by atoms with Crippen LogP contribution in [0.3, 0.4) is 0 Å². The Morgan fingerprint density at radius 2 is 1.53 bits per heavy atom. The number of hydrogen-bond donors (Lipinski definition) is 0. The second kappa shape index (κ2) is 9.98. The average Bonchev–Trinajstić information content (AvgIpc) is 3.21. The molecule has 0 aliphatic heterocycles. The summed E-state index contributed by atoms with van der Waals surface area (Å²) >= 11 is 3.50. The van der Waals surface area contributed by atoms with Crippen LogP contribution in [-0.2, 0) is 0 Å². The molecule has 6 heteroatoms. The predicted molar refractivity (Wildman–Crippen MR) is 138 cm³/mol. The molecule has 0 aliphatic carbocycles. The molecule has 0 amide bonds. The minimum Gasteiger partial charge on any atom is -0.493 e. The second-order valence-electron chi connectivity index (χ2n) is 7.83. The summed E-state index contributed by atoms with van der Waals surface area (Å²) in [7, 11) is 3.16. The number of benzene rings is 3. The number of aryl methyl sites for hydroxylation is 2. The van der Waals surface area contributed by atoms with Gasteiger partial charge in [-0.3, -0.25) is 0 Å². The van der Waals surface area contributed by atoms with Gasteiger partial charge in [0.15, 0.2) is 11.5 Å². The van der Waals surface area contributed by atoms with Crippen LogP contribution in [0.5, 0.6) is 11.5 Å². The number of aliphatic imine (C=N–C) groups is 1. The van der Waals surface area contributed by atoms with Crippen molar-refractivity contribution in [1.82, 2.24) is 0 Å². The number of furan rings is 1. The molecule has 0 radical (unpaired) electrons. The van der Waals surface area contributed by atoms with Crippen molar-refractivity contribution < 1.29 is 13.9 Å². The third kappa shape index (κ3) is 4.61. The molecule has 4 aromatic rings. The highest BCUT2D eigenvalue weighted by Crippen LogP contribution is 2.43. The zero-order valence-corrected chi connectivity index (χ0v) is 20.9. The Balaban J connectivity index is 1.86. The highest BCUT2D eigenvalue weighted by molar-refractivity contribution is 9.10. The fourth-order valence-electron chi connectivity index (χ4n) is 3.66. The van der Waals surface area contributed by atoms with Gasteiger partial charge in [-0.1, -0.05) is 59.7 Å². The van der Waals surface area contributed by atoms with E-state index in [1.165, 1.54) is 0 Å². The topological polar surface area (TPSA) is 67.8 Å². The Kier molecular flexibility index (Phi) is 6.85. The molecule has 0 atom stereocenters. The van der Waals surface area contributed by atoms with E-state index >= 15 is 0 Å². The van der Waals surface area contributed by atoms with Gasteiger partial charge < -0.3 is 13.9 Å². The number of hydrogen-bond acceptors (Lipinski definition) is 5. The molecule has 0 saturated heterocycles. The minimum absolute atomic E-state index is 0.250. The molecule has 170 valence electrons. The maximum Gasteiger partial charge on any atom is 0.238 e. The van der Waals surface area contributed by atoms with Crippen LogP contribution in [0.15, 0.2) is 74.5 Å². The van der Waals surface area contributed by atoms with Crippen molar-refractivity contribution in [2.24, 2.45) is 4.99 Å². The van der Waals surface area contributed by atoms with E-state index in [9.17, 15) is 5.26 Å². The predicted octanol–water partition coefficient (Wildman–Crippen LogP) is 7.63. The summed E-state index contributed by atoms with van der Waals surface area (Å²) in [5.41, 5.74) is 5.94. The van der Waals surface area contributed by atoms with Crippen LogP contribution >= 0.6 is 15.9 Å². The number of halogens is 1.